The van der Waals surface area contributed by atoms with E-state index in [1.165, 1.54) is 5.56 Å². The minimum atomic E-state index is -1.90. The number of aryl methyl sites for hydroxylation is 3. The SMILES string of the molecule is Cc1cc(C(C)(C)C)cc(C)c1C(=O)[P+](=O)CCc1ccccc1. The predicted molar refractivity (Wildman–Crippen MR) is 102 cm³/mol. The molecule has 0 saturated carbocycles. The van der Waals surface area contributed by atoms with Crippen LogP contribution in [0.2, 0.25) is 0 Å². The molecule has 0 aliphatic carbocycles. The normalized spacial score (nSPS) is 12.1. The van der Waals surface area contributed by atoms with Gasteiger partial charge in [0.2, 0.25) is 0 Å². The van der Waals surface area contributed by atoms with E-state index < -0.39 is 7.80 Å². The minimum absolute atomic E-state index is 0.0343. The van der Waals surface area contributed by atoms with Crippen molar-refractivity contribution in [3.8, 4) is 0 Å². The zero-order valence-electron chi connectivity index (χ0n) is 15.2. The third-order valence-electron chi connectivity index (χ3n) is 4.29. The van der Waals surface area contributed by atoms with Crippen LogP contribution in [-0.2, 0) is 16.4 Å². The Bertz CT molecular complexity index is 732. The smallest absolute Gasteiger partial charge is 0.234 e. The molecular weight excluding hydrogens is 315 g/mol. The molecule has 0 aromatic heterocycles. The van der Waals surface area contributed by atoms with E-state index in [0.717, 1.165) is 16.7 Å². The van der Waals surface area contributed by atoms with Crippen LogP contribution in [0.3, 0.4) is 0 Å². The highest BCUT2D eigenvalue weighted by Gasteiger charge is 2.32. The highest BCUT2D eigenvalue weighted by Crippen LogP contribution is 2.33. The summed E-state index contributed by atoms with van der Waals surface area (Å²) < 4.78 is 12.5. The first-order valence-electron chi connectivity index (χ1n) is 8.35. The quantitative estimate of drug-likeness (QED) is 0.643. The largest absolute Gasteiger partial charge is 0.420 e. The average molecular weight is 341 g/mol. The lowest BCUT2D eigenvalue weighted by Gasteiger charge is -2.21. The van der Waals surface area contributed by atoms with E-state index in [9.17, 15) is 9.36 Å². The molecule has 2 aromatic rings. The van der Waals surface area contributed by atoms with Crippen LogP contribution in [0.1, 0.15) is 53.4 Å². The maximum atomic E-state index is 12.7. The summed E-state index contributed by atoms with van der Waals surface area (Å²) in [6.07, 6.45) is 1.07. The molecule has 2 aromatic carbocycles. The first kappa shape index (κ1) is 18.5. The van der Waals surface area contributed by atoms with Crippen LogP contribution >= 0.6 is 7.80 Å². The van der Waals surface area contributed by atoms with Gasteiger partial charge >= 0.3 is 13.3 Å². The Morgan fingerprint density at radius 3 is 2.04 bits per heavy atom. The Hall–Kier alpha value is -1.79. The van der Waals surface area contributed by atoms with Gasteiger partial charge in [-0.15, -0.1) is 0 Å². The third kappa shape index (κ3) is 4.39. The molecule has 0 aliphatic rings. The van der Waals surface area contributed by atoms with E-state index in [2.05, 4.69) is 32.9 Å². The van der Waals surface area contributed by atoms with E-state index in [4.69, 9.17) is 0 Å². The summed E-state index contributed by atoms with van der Waals surface area (Å²) in [7, 11) is -1.90. The van der Waals surface area contributed by atoms with Crippen LogP contribution in [0.4, 0.5) is 0 Å². The summed E-state index contributed by atoms with van der Waals surface area (Å²) in [5.41, 5.74) is 4.63. The van der Waals surface area contributed by atoms with Gasteiger partial charge in [-0.2, -0.15) is 0 Å². The summed E-state index contributed by atoms with van der Waals surface area (Å²) in [5, 5.41) is 0. The van der Waals surface area contributed by atoms with Crippen molar-refractivity contribution in [3.05, 3.63) is 70.3 Å². The van der Waals surface area contributed by atoms with Crippen molar-refractivity contribution in [3.63, 3.8) is 0 Å². The fourth-order valence-electron chi connectivity index (χ4n) is 2.84. The van der Waals surface area contributed by atoms with Crippen LogP contribution in [0, 0.1) is 13.8 Å². The van der Waals surface area contributed by atoms with Gasteiger partial charge < -0.3 is 0 Å². The zero-order valence-corrected chi connectivity index (χ0v) is 16.1. The van der Waals surface area contributed by atoms with Crippen molar-refractivity contribution in [2.24, 2.45) is 0 Å². The summed E-state index contributed by atoms with van der Waals surface area (Å²) in [5.74, 6) is 0. The fraction of sp³-hybridized carbons (Fsp3) is 0.381. The van der Waals surface area contributed by atoms with Crippen molar-refractivity contribution in [1.82, 2.24) is 0 Å². The molecule has 3 heteroatoms. The van der Waals surface area contributed by atoms with Crippen LogP contribution < -0.4 is 0 Å². The van der Waals surface area contributed by atoms with Crippen molar-refractivity contribution in [1.29, 1.82) is 0 Å². The first-order chi connectivity index (χ1) is 11.2. The summed E-state index contributed by atoms with van der Waals surface area (Å²) in [6.45, 7) is 10.3. The Balaban J connectivity index is 2.18. The molecule has 0 aliphatic heterocycles. The average Bonchev–Trinajstić information content (AvgIpc) is 2.51. The number of carbonyl (C=O) groups excluding carboxylic acids is 1. The molecule has 0 spiro atoms. The van der Waals surface area contributed by atoms with E-state index >= 15 is 0 Å². The molecule has 0 saturated heterocycles. The number of hydrogen-bond acceptors (Lipinski definition) is 2. The second-order valence-electron chi connectivity index (χ2n) is 7.38. The second-order valence-corrected chi connectivity index (χ2v) is 8.99. The summed E-state index contributed by atoms with van der Waals surface area (Å²) in [4.78, 5) is 12.7. The lowest BCUT2D eigenvalue weighted by Crippen LogP contribution is -2.13. The van der Waals surface area contributed by atoms with Gasteiger partial charge in [0.1, 0.15) is 0 Å². The van der Waals surface area contributed by atoms with Crippen molar-refractivity contribution < 1.29 is 9.36 Å². The molecule has 24 heavy (non-hydrogen) atoms. The molecule has 2 nitrogen and oxygen atoms in total. The maximum Gasteiger partial charge on any atom is 0.420 e. The van der Waals surface area contributed by atoms with Crippen LogP contribution in [-0.4, -0.2) is 11.7 Å². The predicted octanol–water partition coefficient (Wildman–Crippen LogP) is 5.81. The molecule has 0 amide bonds. The molecule has 1 atom stereocenters. The lowest BCUT2D eigenvalue weighted by molar-refractivity contribution is 0.107. The molecule has 0 bridgehead atoms. The fourth-order valence-corrected chi connectivity index (χ4v) is 4.10. The number of rotatable bonds is 5. The van der Waals surface area contributed by atoms with E-state index in [1.54, 1.807) is 0 Å². The highest BCUT2D eigenvalue weighted by atomic mass is 31.1. The van der Waals surface area contributed by atoms with E-state index in [1.807, 2.05) is 44.2 Å². The Labute approximate surface area is 146 Å². The standard InChI is InChI=1S/C21H26O2P/c1-15-13-18(21(3,4)5)14-16(2)19(15)20(22)24(23)12-11-17-9-7-6-8-10-17/h6-10,13-14H,11-12H2,1-5H3/q+1. The summed E-state index contributed by atoms with van der Waals surface area (Å²) >= 11 is 0. The Kier molecular flexibility index (Phi) is 5.72. The molecule has 0 N–H and O–H groups in total. The molecule has 0 radical (unpaired) electrons. The molecule has 2 rings (SSSR count). The van der Waals surface area contributed by atoms with Gasteiger partial charge in [0.05, 0.1) is 5.56 Å². The third-order valence-corrected chi connectivity index (χ3v) is 5.59. The van der Waals surface area contributed by atoms with Gasteiger partial charge in [-0.05, 0) is 41.5 Å². The van der Waals surface area contributed by atoms with Crippen molar-refractivity contribution >= 4 is 13.3 Å². The Morgan fingerprint density at radius 2 is 1.54 bits per heavy atom. The summed E-state index contributed by atoms with van der Waals surface area (Å²) in [6, 6.07) is 14.0. The lowest BCUT2D eigenvalue weighted by atomic mass is 9.84. The van der Waals surface area contributed by atoms with Gasteiger partial charge in [0.15, 0.2) is 6.16 Å². The first-order valence-corrected chi connectivity index (χ1v) is 9.79. The molecular formula is C21H26O2P+. The maximum absolute atomic E-state index is 12.7. The molecule has 126 valence electrons. The van der Waals surface area contributed by atoms with Gasteiger partial charge in [-0.25, -0.2) is 4.79 Å². The molecule has 1 unspecified atom stereocenters. The minimum Gasteiger partial charge on any atom is -0.234 e. The monoisotopic (exact) mass is 341 g/mol. The van der Waals surface area contributed by atoms with Crippen LogP contribution in [0.15, 0.2) is 42.5 Å². The number of benzene rings is 2. The van der Waals surface area contributed by atoms with Gasteiger partial charge in [0.25, 0.3) is 0 Å². The van der Waals surface area contributed by atoms with Gasteiger partial charge in [-0.3, -0.25) is 0 Å². The van der Waals surface area contributed by atoms with Crippen LogP contribution in [0.25, 0.3) is 0 Å². The highest BCUT2D eigenvalue weighted by molar-refractivity contribution is 7.64. The second kappa shape index (κ2) is 7.40. The van der Waals surface area contributed by atoms with Gasteiger partial charge in [-0.1, -0.05) is 67.8 Å². The number of hydrogen-bond donors (Lipinski definition) is 0. The molecule has 0 heterocycles. The topological polar surface area (TPSA) is 34.1 Å². The number of carbonyl (C=O) groups is 1. The van der Waals surface area contributed by atoms with Crippen molar-refractivity contribution in [2.75, 3.05) is 6.16 Å². The van der Waals surface area contributed by atoms with E-state index in [-0.39, 0.29) is 10.9 Å². The van der Waals surface area contributed by atoms with Crippen LogP contribution in [0.5, 0.6) is 0 Å². The molecule has 0 fully saturated rings. The Morgan fingerprint density at radius 1 is 1.00 bits per heavy atom. The van der Waals surface area contributed by atoms with Gasteiger partial charge in [0, 0.05) is 6.42 Å². The van der Waals surface area contributed by atoms with Crippen molar-refractivity contribution in [2.45, 2.75) is 46.5 Å². The van der Waals surface area contributed by atoms with E-state index in [0.29, 0.717) is 18.1 Å². The zero-order chi connectivity index (χ0) is 17.9.